The molecule has 0 radical (unpaired) electrons. The van der Waals surface area contributed by atoms with Gasteiger partial charge in [-0.25, -0.2) is 0 Å². The molecule has 2 aliphatic heterocycles. The summed E-state index contributed by atoms with van der Waals surface area (Å²) in [5.41, 5.74) is 0. The Bertz CT molecular complexity index is 731. The molecule has 0 saturated carbocycles. The van der Waals surface area contributed by atoms with E-state index in [9.17, 15) is 19.5 Å². The van der Waals surface area contributed by atoms with Gasteiger partial charge in [-0.2, -0.15) is 0 Å². The van der Waals surface area contributed by atoms with E-state index in [1.54, 1.807) is 38.1 Å². The molecule has 10 heteroatoms. The van der Waals surface area contributed by atoms with E-state index in [-0.39, 0.29) is 58.0 Å². The van der Waals surface area contributed by atoms with Crippen LogP contribution < -0.4 is 66.5 Å². The van der Waals surface area contributed by atoms with Crippen molar-refractivity contribution in [3.8, 4) is 5.75 Å². The molecule has 2 amide bonds. The zero-order valence-electron chi connectivity index (χ0n) is 18.0. The van der Waals surface area contributed by atoms with Gasteiger partial charge in [0.2, 0.25) is 5.91 Å². The van der Waals surface area contributed by atoms with Crippen LogP contribution in [-0.4, -0.2) is 64.7 Å². The van der Waals surface area contributed by atoms with Crippen LogP contribution in [0.15, 0.2) is 30.3 Å². The first-order valence-corrected chi connectivity index (χ1v) is 10.4. The Labute approximate surface area is 223 Å². The van der Waals surface area contributed by atoms with E-state index in [2.05, 4.69) is 5.32 Å². The number of fused-ring (bicyclic) bond motifs is 1. The van der Waals surface area contributed by atoms with Crippen LogP contribution >= 0.6 is 11.8 Å². The van der Waals surface area contributed by atoms with E-state index in [0.29, 0.717) is 5.75 Å². The minimum Gasteiger partial charge on any atom is -0.548 e. The van der Waals surface area contributed by atoms with Gasteiger partial charge in [0.05, 0.1) is 12.0 Å². The summed E-state index contributed by atoms with van der Waals surface area (Å²) in [6.45, 7) is 8.96. The van der Waals surface area contributed by atoms with Crippen molar-refractivity contribution in [3.63, 3.8) is 0 Å². The summed E-state index contributed by atoms with van der Waals surface area (Å²) < 4.78 is 9.50. The Morgan fingerprint density at radius 2 is 1.80 bits per heavy atom. The largest absolute Gasteiger partial charge is 1.00 e. The maximum absolute atomic E-state index is 12.2. The molecular formula is C20H27KN2O6S. The molecule has 0 unspecified atom stereocenters. The number of rotatable bonds is 7. The molecule has 0 bridgehead atoms. The second-order valence-corrected chi connectivity index (χ2v) is 8.78. The Hall–Kier alpha value is -0.624. The normalized spacial score (nSPS) is 23.1. The maximum atomic E-state index is 12.2. The van der Waals surface area contributed by atoms with Crippen molar-refractivity contribution in [2.45, 2.75) is 49.9 Å². The first-order chi connectivity index (χ1) is 13.7. The second kappa shape index (κ2) is 12.4. The summed E-state index contributed by atoms with van der Waals surface area (Å²) >= 11 is 1.35. The quantitative estimate of drug-likeness (QED) is 0.350. The Balaban J connectivity index is 0.000000674. The number of carboxylic acid groups (broad SMARTS) is 1. The van der Waals surface area contributed by atoms with Crippen molar-refractivity contribution in [1.82, 2.24) is 10.2 Å². The summed E-state index contributed by atoms with van der Waals surface area (Å²) in [5, 5.41) is 13.5. The monoisotopic (exact) mass is 462 g/mol. The molecule has 2 saturated heterocycles. The summed E-state index contributed by atoms with van der Waals surface area (Å²) in [4.78, 5) is 36.8. The van der Waals surface area contributed by atoms with Crippen LogP contribution in [0.1, 0.15) is 27.7 Å². The molecule has 1 aromatic rings. The number of aliphatic carboxylic acids is 1. The molecule has 0 aliphatic carbocycles. The SMILES string of the molecule is CC1(C)S[C@@H]2[C@H](NC(=O)COc3ccccc3)C(=O)N2[C@H]1C(=O)[O-].CCOCC.[K+]. The fraction of sp³-hybridized carbons (Fsp3) is 0.550. The van der Waals surface area contributed by atoms with Crippen molar-refractivity contribution in [3.05, 3.63) is 30.3 Å². The Morgan fingerprint density at radius 1 is 1.20 bits per heavy atom. The smallest absolute Gasteiger partial charge is 0.548 e. The van der Waals surface area contributed by atoms with Gasteiger partial charge >= 0.3 is 51.4 Å². The number of amides is 2. The molecule has 0 spiro atoms. The Morgan fingerprint density at radius 3 is 2.30 bits per heavy atom. The zero-order valence-corrected chi connectivity index (χ0v) is 22.0. The van der Waals surface area contributed by atoms with E-state index >= 15 is 0 Å². The van der Waals surface area contributed by atoms with Crippen LogP contribution in [0.25, 0.3) is 0 Å². The van der Waals surface area contributed by atoms with Gasteiger partial charge in [-0.05, 0) is 39.8 Å². The zero-order chi connectivity index (χ0) is 21.6. The van der Waals surface area contributed by atoms with Crippen molar-refractivity contribution in [1.29, 1.82) is 0 Å². The molecule has 160 valence electrons. The van der Waals surface area contributed by atoms with Gasteiger partial charge in [-0.15, -0.1) is 11.8 Å². The molecule has 2 fully saturated rings. The van der Waals surface area contributed by atoms with Crippen LogP contribution in [0.2, 0.25) is 0 Å². The van der Waals surface area contributed by atoms with Crippen molar-refractivity contribution in [2.75, 3.05) is 19.8 Å². The van der Waals surface area contributed by atoms with Gasteiger partial charge in [0.15, 0.2) is 6.61 Å². The van der Waals surface area contributed by atoms with Crippen LogP contribution in [0, 0.1) is 0 Å². The first-order valence-electron chi connectivity index (χ1n) is 9.48. The molecular weight excluding hydrogens is 435 g/mol. The van der Waals surface area contributed by atoms with Gasteiger partial charge in [0.1, 0.15) is 17.2 Å². The van der Waals surface area contributed by atoms with Crippen molar-refractivity contribution >= 4 is 29.5 Å². The molecule has 8 nitrogen and oxygen atoms in total. The number of thioether (sulfide) groups is 1. The predicted molar refractivity (Wildman–Crippen MR) is 107 cm³/mol. The summed E-state index contributed by atoms with van der Waals surface area (Å²) in [7, 11) is 0. The number of hydrogen-bond acceptors (Lipinski definition) is 7. The summed E-state index contributed by atoms with van der Waals surface area (Å²) in [5.74, 6) is -1.55. The minimum atomic E-state index is -1.28. The predicted octanol–water partition coefficient (Wildman–Crippen LogP) is -2.59. The van der Waals surface area contributed by atoms with Crippen molar-refractivity contribution in [2.24, 2.45) is 0 Å². The third kappa shape index (κ3) is 6.69. The Kier molecular flexibility index (Phi) is 11.4. The standard InChI is InChI=1S/C16H18N2O5S.C4H10O.K/c1-16(2)12(15(21)22)18-13(20)11(14(18)24-16)17-10(19)8-23-9-6-4-3-5-7-9;1-3-5-4-2;/h3-7,11-12,14H,8H2,1-2H3,(H,17,19)(H,21,22);3-4H2,1-2H3;/q;;+1/p-1/t11-,12+,14-;;/m1../s1. The average molecular weight is 463 g/mol. The second-order valence-electron chi connectivity index (χ2n) is 7.01. The maximum Gasteiger partial charge on any atom is 1.00 e. The average Bonchev–Trinajstić information content (AvgIpc) is 2.94. The first kappa shape index (κ1) is 27.4. The van der Waals surface area contributed by atoms with E-state index in [1.807, 2.05) is 19.9 Å². The topological polar surface area (TPSA) is 108 Å². The number of para-hydroxylation sites is 1. The number of β-lactam (4-membered cyclic amide) rings is 1. The fourth-order valence-corrected chi connectivity index (χ4v) is 4.83. The van der Waals surface area contributed by atoms with Crippen LogP contribution in [0.5, 0.6) is 5.75 Å². The summed E-state index contributed by atoms with van der Waals surface area (Å²) in [6.07, 6.45) is 0. The van der Waals surface area contributed by atoms with Gasteiger partial charge < -0.3 is 29.6 Å². The van der Waals surface area contributed by atoms with E-state index in [4.69, 9.17) is 9.47 Å². The number of nitrogens with zero attached hydrogens (tertiary/aromatic N) is 1. The number of carbonyl (C=O) groups is 3. The van der Waals surface area contributed by atoms with Crippen LogP contribution in [0.4, 0.5) is 0 Å². The molecule has 0 aromatic heterocycles. The van der Waals surface area contributed by atoms with E-state index in [1.165, 1.54) is 16.7 Å². The number of nitrogens with one attached hydrogen (secondary N) is 1. The molecule has 3 rings (SSSR count). The summed E-state index contributed by atoms with van der Waals surface area (Å²) in [6, 6.07) is 7.14. The number of benzene rings is 1. The fourth-order valence-electron chi connectivity index (χ4n) is 3.21. The molecule has 1 N–H and O–H groups in total. The van der Waals surface area contributed by atoms with Gasteiger partial charge in [0.25, 0.3) is 5.91 Å². The number of ether oxygens (including phenoxy) is 2. The van der Waals surface area contributed by atoms with Crippen molar-refractivity contribution < 1.29 is 80.3 Å². The molecule has 2 aliphatic rings. The van der Waals surface area contributed by atoms with Crippen LogP contribution in [0.3, 0.4) is 0 Å². The van der Waals surface area contributed by atoms with E-state index in [0.717, 1.165) is 13.2 Å². The van der Waals surface area contributed by atoms with Gasteiger partial charge in [-0.3, -0.25) is 9.59 Å². The van der Waals surface area contributed by atoms with Gasteiger partial charge in [-0.1, -0.05) is 18.2 Å². The van der Waals surface area contributed by atoms with Crippen LogP contribution in [-0.2, 0) is 19.1 Å². The number of carboxylic acids is 1. The number of carbonyl (C=O) groups excluding carboxylic acids is 3. The third-order valence-electron chi connectivity index (χ3n) is 4.50. The minimum absolute atomic E-state index is 0. The molecule has 3 atom stereocenters. The van der Waals surface area contributed by atoms with Gasteiger partial charge in [0, 0.05) is 18.0 Å². The number of hydrogen-bond donors (Lipinski definition) is 1. The molecule has 1 aromatic carbocycles. The third-order valence-corrected chi connectivity index (χ3v) is 6.07. The molecule has 30 heavy (non-hydrogen) atoms. The van der Waals surface area contributed by atoms with E-state index < -0.39 is 40.0 Å². The molecule has 2 heterocycles.